The summed E-state index contributed by atoms with van der Waals surface area (Å²) in [6.07, 6.45) is 1.60. The van der Waals surface area contributed by atoms with Gasteiger partial charge in [-0.1, -0.05) is 0 Å². The number of furan rings is 1. The van der Waals surface area contributed by atoms with E-state index in [4.69, 9.17) is 19.5 Å². The van der Waals surface area contributed by atoms with E-state index in [1.807, 2.05) is 33.8 Å². The first-order chi connectivity index (χ1) is 7.33. The Morgan fingerprint density at radius 2 is 1.75 bits per heavy atom. The Kier molecular flexibility index (Phi) is 2.65. The summed E-state index contributed by atoms with van der Waals surface area (Å²) < 4.78 is 16.9. The van der Waals surface area contributed by atoms with E-state index in [1.54, 1.807) is 12.3 Å². The molecule has 88 valence electrons. The van der Waals surface area contributed by atoms with Crippen molar-refractivity contribution in [3.63, 3.8) is 0 Å². The van der Waals surface area contributed by atoms with Crippen molar-refractivity contribution in [2.45, 2.75) is 44.8 Å². The lowest BCUT2D eigenvalue weighted by Gasteiger charge is -2.32. The van der Waals surface area contributed by atoms with Gasteiger partial charge in [-0.05, 0) is 39.8 Å². The molecule has 1 atom stereocenters. The SMILES string of the molecule is CC1(C)OB([C@H](N)c2ccco2)OC1(C)C. The Balaban J connectivity index is 2.15. The van der Waals surface area contributed by atoms with Gasteiger partial charge >= 0.3 is 7.12 Å². The van der Waals surface area contributed by atoms with E-state index in [2.05, 4.69) is 0 Å². The lowest BCUT2D eigenvalue weighted by molar-refractivity contribution is 0.00578. The molecule has 0 aromatic carbocycles. The van der Waals surface area contributed by atoms with Gasteiger partial charge in [0, 0.05) is 0 Å². The quantitative estimate of drug-likeness (QED) is 0.778. The Bertz CT molecular complexity index is 345. The number of rotatable bonds is 2. The minimum Gasteiger partial charge on any atom is -0.468 e. The molecular weight excluding hydrogens is 205 g/mol. The highest BCUT2D eigenvalue weighted by Gasteiger charge is 2.53. The van der Waals surface area contributed by atoms with Crippen molar-refractivity contribution in [2.75, 3.05) is 0 Å². The number of hydrogen-bond acceptors (Lipinski definition) is 4. The van der Waals surface area contributed by atoms with Crippen LogP contribution in [0.1, 0.15) is 39.4 Å². The van der Waals surface area contributed by atoms with Crippen molar-refractivity contribution < 1.29 is 13.7 Å². The summed E-state index contributed by atoms with van der Waals surface area (Å²) in [6.45, 7) is 8.01. The summed E-state index contributed by atoms with van der Waals surface area (Å²) in [5.41, 5.74) is 5.32. The van der Waals surface area contributed by atoms with E-state index < -0.39 is 13.1 Å². The smallest absolute Gasteiger partial charge is 0.468 e. The molecule has 0 radical (unpaired) electrons. The second kappa shape index (κ2) is 3.62. The normalized spacial score (nSPS) is 24.7. The molecule has 4 nitrogen and oxygen atoms in total. The van der Waals surface area contributed by atoms with Crippen molar-refractivity contribution in [2.24, 2.45) is 5.73 Å². The van der Waals surface area contributed by atoms with Gasteiger partial charge in [-0.25, -0.2) is 0 Å². The van der Waals surface area contributed by atoms with Crippen LogP contribution in [0.15, 0.2) is 22.8 Å². The van der Waals surface area contributed by atoms with Gasteiger partial charge in [0.1, 0.15) is 5.76 Å². The molecule has 16 heavy (non-hydrogen) atoms. The highest BCUT2D eigenvalue weighted by molar-refractivity contribution is 6.47. The zero-order valence-electron chi connectivity index (χ0n) is 10.2. The van der Waals surface area contributed by atoms with Gasteiger partial charge in [-0.3, -0.25) is 0 Å². The summed E-state index contributed by atoms with van der Waals surface area (Å²) >= 11 is 0. The molecule has 1 fully saturated rings. The van der Waals surface area contributed by atoms with Crippen LogP contribution in [0.25, 0.3) is 0 Å². The van der Waals surface area contributed by atoms with E-state index in [0.29, 0.717) is 5.76 Å². The summed E-state index contributed by atoms with van der Waals surface area (Å²) in [4.78, 5) is 0. The Morgan fingerprint density at radius 3 is 2.19 bits per heavy atom. The number of nitrogens with two attached hydrogens (primary N) is 1. The fourth-order valence-electron chi connectivity index (χ4n) is 1.65. The van der Waals surface area contributed by atoms with Crippen LogP contribution >= 0.6 is 0 Å². The van der Waals surface area contributed by atoms with Gasteiger partial charge in [0.15, 0.2) is 0 Å². The van der Waals surface area contributed by atoms with Gasteiger partial charge in [0.2, 0.25) is 0 Å². The highest BCUT2D eigenvalue weighted by atomic mass is 16.7. The van der Waals surface area contributed by atoms with Crippen molar-refractivity contribution in [1.82, 2.24) is 0 Å². The van der Waals surface area contributed by atoms with Gasteiger partial charge in [0.25, 0.3) is 0 Å². The van der Waals surface area contributed by atoms with Crippen molar-refractivity contribution in [3.05, 3.63) is 24.2 Å². The molecule has 2 rings (SSSR count). The van der Waals surface area contributed by atoms with Gasteiger partial charge in [-0.2, -0.15) is 0 Å². The molecule has 1 aliphatic heterocycles. The van der Waals surface area contributed by atoms with E-state index in [-0.39, 0.29) is 11.2 Å². The number of hydrogen-bond donors (Lipinski definition) is 1. The van der Waals surface area contributed by atoms with E-state index in [0.717, 1.165) is 0 Å². The molecular formula is C11H18BNO3. The zero-order chi connectivity index (χ0) is 12.0. The van der Waals surface area contributed by atoms with Crippen LogP contribution < -0.4 is 5.73 Å². The average Bonchev–Trinajstić information content (AvgIpc) is 2.72. The molecule has 1 aromatic heterocycles. The van der Waals surface area contributed by atoms with E-state index in [9.17, 15) is 0 Å². The van der Waals surface area contributed by atoms with Crippen LogP contribution in [0, 0.1) is 0 Å². The summed E-state index contributed by atoms with van der Waals surface area (Å²) in [5, 5.41) is 0. The molecule has 1 aliphatic rings. The Morgan fingerprint density at radius 1 is 1.19 bits per heavy atom. The molecule has 2 heterocycles. The Hall–Kier alpha value is -0.775. The molecule has 0 aliphatic carbocycles. The second-order valence-electron chi connectivity index (χ2n) is 5.17. The summed E-state index contributed by atoms with van der Waals surface area (Å²) in [7, 11) is -0.462. The molecule has 0 unspecified atom stereocenters. The lowest BCUT2D eigenvalue weighted by atomic mass is 9.77. The van der Waals surface area contributed by atoms with Crippen LogP contribution in [-0.2, 0) is 9.31 Å². The van der Waals surface area contributed by atoms with E-state index >= 15 is 0 Å². The third-order valence-electron chi connectivity index (χ3n) is 3.44. The maximum absolute atomic E-state index is 6.04. The fraction of sp³-hybridized carbons (Fsp3) is 0.636. The van der Waals surface area contributed by atoms with Crippen LogP contribution in [0.2, 0.25) is 0 Å². The monoisotopic (exact) mass is 223 g/mol. The lowest BCUT2D eigenvalue weighted by Crippen LogP contribution is -2.41. The van der Waals surface area contributed by atoms with Crippen molar-refractivity contribution in [3.8, 4) is 0 Å². The summed E-state index contributed by atoms with van der Waals surface area (Å²) in [5.74, 6) is 0.287. The highest BCUT2D eigenvalue weighted by Crippen LogP contribution is 2.39. The molecule has 0 bridgehead atoms. The van der Waals surface area contributed by atoms with Crippen LogP contribution in [0.3, 0.4) is 0 Å². The van der Waals surface area contributed by atoms with Crippen molar-refractivity contribution in [1.29, 1.82) is 0 Å². The van der Waals surface area contributed by atoms with Crippen LogP contribution in [0.4, 0.5) is 0 Å². The minimum absolute atomic E-state index is 0.359. The predicted octanol–water partition coefficient (Wildman–Crippen LogP) is 1.91. The fourth-order valence-corrected chi connectivity index (χ4v) is 1.65. The van der Waals surface area contributed by atoms with Crippen LogP contribution in [-0.4, -0.2) is 18.3 Å². The molecule has 0 spiro atoms. The first-order valence-corrected chi connectivity index (χ1v) is 5.48. The van der Waals surface area contributed by atoms with Gasteiger partial charge in [-0.15, -0.1) is 0 Å². The molecule has 1 aromatic rings. The third-order valence-corrected chi connectivity index (χ3v) is 3.44. The third kappa shape index (κ3) is 1.79. The maximum Gasteiger partial charge on any atom is 0.483 e. The minimum atomic E-state index is -0.462. The topological polar surface area (TPSA) is 57.6 Å². The van der Waals surface area contributed by atoms with Crippen LogP contribution in [0.5, 0.6) is 0 Å². The predicted molar refractivity (Wildman–Crippen MR) is 61.7 cm³/mol. The molecule has 1 saturated heterocycles. The second-order valence-corrected chi connectivity index (χ2v) is 5.17. The largest absolute Gasteiger partial charge is 0.483 e. The maximum atomic E-state index is 6.04. The molecule has 0 amide bonds. The Labute approximate surface area is 96.2 Å². The molecule has 5 heteroatoms. The standard InChI is InChI=1S/C11H18BNO3/c1-10(2)11(3,4)16-12(15-10)9(13)8-6-5-7-14-8/h5-7,9H,13H2,1-4H3/t9-/m1/s1. The molecule has 0 saturated carbocycles. The van der Waals surface area contributed by atoms with Gasteiger partial charge < -0.3 is 19.5 Å². The average molecular weight is 223 g/mol. The first-order valence-electron chi connectivity index (χ1n) is 5.48. The first kappa shape index (κ1) is 11.7. The zero-order valence-corrected chi connectivity index (χ0v) is 10.2. The van der Waals surface area contributed by atoms with Crippen molar-refractivity contribution >= 4 is 7.12 Å². The van der Waals surface area contributed by atoms with E-state index in [1.165, 1.54) is 0 Å². The van der Waals surface area contributed by atoms with Gasteiger partial charge in [0.05, 0.1) is 23.4 Å². The summed E-state index contributed by atoms with van der Waals surface area (Å²) in [6, 6.07) is 3.64. The molecule has 2 N–H and O–H groups in total.